The lowest BCUT2D eigenvalue weighted by Crippen LogP contribution is -2.43. The van der Waals surface area contributed by atoms with E-state index in [1.807, 2.05) is 24.3 Å². The molecule has 5 heteroatoms. The highest BCUT2D eigenvalue weighted by molar-refractivity contribution is 5.91. The predicted molar refractivity (Wildman–Crippen MR) is 69.6 cm³/mol. The van der Waals surface area contributed by atoms with E-state index in [1.165, 1.54) is 0 Å². The zero-order valence-electron chi connectivity index (χ0n) is 10.3. The fourth-order valence-corrected chi connectivity index (χ4v) is 2.34. The standard InChI is InChI=1S/C14H13N3O2/c1-2-4-12-10(3-1)11(8-18-12)14-16-13(19-17-14)5-9-6-15-7-9/h1-4,8-9,15H,5-7H2. The van der Waals surface area contributed by atoms with Crippen LogP contribution in [0.25, 0.3) is 22.4 Å². The van der Waals surface area contributed by atoms with E-state index in [2.05, 4.69) is 15.5 Å². The number of furan rings is 1. The average Bonchev–Trinajstić information content (AvgIpc) is 3.00. The van der Waals surface area contributed by atoms with Gasteiger partial charge in [-0.1, -0.05) is 23.4 Å². The highest BCUT2D eigenvalue weighted by atomic mass is 16.5. The van der Waals surface area contributed by atoms with Crippen LogP contribution in [0.1, 0.15) is 5.89 Å². The average molecular weight is 255 g/mol. The normalized spacial score (nSPS) is 15.8. The molecule has 19 heavy (non-hydrogen) atoms. The second kappa shape index (κ2) is 4.20. The maximum absolute atomic E-state index is 5.49. The Morgan fingerprint density at radius 2 is 2.16 bits per heavy atom. The summed E-state index contributed by atoms with van der Waals surface area (Å²) in [6, 6.07) is 7.85. The molecule has 5 nitrogen and oxygen atoms in total. The summed E-state index contributed by atoms with van der Waals surface area (Å²) in [4.78, 5) is 4.46. The number of benzene rings is 1. The smallest absolute Gasteiger partial charge is 0.227 e. The van der Waals surface area contributed by atoms with Crippen LogP contribution in [0.15, 0.2) is 39.5 Å². The minimum Gasteiger partial charge on any atom is -0.464 e. The van der Waals surface area contributed by atoms with E-state index in [0.29, 0.717) is 17.6 Å². The zero-order chi connectivity index (χ0) is 12.7. The third kappa shape index (κ3) is 1.82. The lowest BCUT2D eigenvalue weighted by Gasteiger charge is -2.25. The van der Waals surface area contributed by atoms with Gasteiger partial charge in [0.05, 0.1) is 5.56 Å². The molecule has 1 saturated heterocycles. The molecule has 4 rings (SSSR count). The largest absolute Gasteiger partial charge is 0.464 e. The van der Waals surface area contributed by atoms with Crippen molar-refractivity contribution in [3.05, 3.63) is 36.4 Å². The van der Waals surface area contributed by atoms with Gasteiger partial charge in [0.25, 0.3) is 0 Å². The van der Waals surface area contributed by atoms with Gasteiger partial charge in [0, 0.05) is 11.8 Å². The first-order valence-electron chi connectivity index (χ1n) is 6.40. The molecule has 1 aromatic carbocycles. The predicted octanol–water partition coefficient (Wildman–Crippen LogP) is 2.24. The van der Waals surface area contributed by atoms with E-state index in [-0.39, 0.29) is 0 Å². The van der Waals surface area contributed by atoms with Gasteiger partial charge in [-0.3, -0.25) is 0 Å². The summed E-state index contributed by atoms with van der Waals surface area (Å²) in [5.41, 5.74) is 1.73. The number of rotatable bonds is 3. The van der Waals surface area contributed by atoms with Crippen molar-refractivity contribution in [1.29, 1.82) is 0 Å². The second-order valence-corrected chi connectivity index (χ2v) is 4.89. The van der Waals surface area contributed by atoms with Crippen molar-refractivity contribution in [1.82, 2.24) is 15.5 Å². The van der Waals surface area contributed by atoms with Crippen LogP contribution in [-0.2, 0) is 6.42 Å². The van der Waals surface area contributed by atoms with Crippen LogP contribution in [0.3, 0.4) is 0 Å². The molecule has 96 valence electrons. The summed E-state index contributed by atoms with van der Waals surface area (Å²) in [5, 5.41) is 8.30. The number of hydrogen-bond acceptors (Lipinski definition) is 5. The molecule has 3 heterocycles. The van der Waals surface area contributed by atoms with Crippen molar-refractivity contribution >= 4 is 11.0 Å². The van der Waals surface area contributed by atoms with Crippen LogP contribution in [0.2, 0.25) is 0 Å². The minimum absolute atomic E-state index is 0.604. The van der Waals surface area contributed by atoms with Crippen LogP contribution in [0, 0.1) is 5.92 Å². The summed E-state index contributed by atoms with van der Waals surface area (Å²) in [6.45, 7) is 2.07. The van der Waals surface area contributed by atoms with Crippen molar-refractivity contribution in [3.8, 4) is 11.4 Å². The van der Waals surface area contributed by atoms with E-state index < -0.39 is 0 Å². The van der Waals surface area contributed by atoms with E-state index in [9.17, 15) is 0 Å². The van der Waals surface area contributed by atoms with Gasteiger partial charge in [0.1, 0.15) is 11.8 Å². The van der Waals surface area contributed by atoms with E-state index >= 15 is 0 Å². The van der Waals surface area contributed by atoms with Gasteiger partial charge in [0.2, 0.25) is 11.7 Å². The first-order chi connectivity index (χ1) is 9.40. The van der Waals surface area contributed by atoms with Crippen molar-refractivity contribution in [2.24, 2.45) is 5.92 Å². The fraction of sp³-hybridized carbons (Fsp3) is 0.286. The van der Waals surface area contributed by atoms with Gasteiger partial charge >= 0.3 is 0 Å². The van der Waals surface area contributed by atoms with Gasteiger partial charge in [-0.15, -0.1) is 0 Å². The van der Waals surface area contributed by atoms with Crippen molar-refractivity contribution < 1.29 is 8.94 Å². The molecule has 0 unspecified atom stereocenters. The van der Waals surface area contributed by atoms with Gasteiger partial charge in [-0.05, 0) is 25.1 Å². The van der Waals surface area contributed by atoms with Gasteiger partial charge in [0.15, 0.2) is 0 Å². The second-order valence-electron chi connectivity index (χ2n) is 4.89. The van der Waals surface area contributed by atoms with Gasteiger partial charge in [-0.25, -0.2) is 0 Å². The first kappa shape index (κ1) is 10.8. The number of nitrogens with zero attached hydrogens (tertiary/aromatic N) is 2. The summed E-state index contributed by atoms with van der Waals surface area (Å²) in [6.07, 6.45) is 2.53. The van der Waals surface area contributed by atoms with E-state index in [1.54, 1.807) is 6.26 Å². The SMILES string of the molecule is c1ccc2c(-c3noc(CC4CNC4)n3)coc2c1. The molecule has 1 N–H and O–H groups in total. The zero-order valence-corrected chi connectivity index (χ0v) is 10.3. The van der Waals surface area contributed by atoms with Gasteiger partial charge < -0.3 is 14.3 Å². The Balaban J connectivity index is 1.67. The molecule has 0 saturated carbocycles. The van der Waals surface area contributed by atoms with E-state index in [0.717, 1.165) is 36.0 Å². The lowest BCUT2D eigenvalue weighted by molar-refractivity contribution is 0.296. The topological polar surface area (TPSA) is 64.1 Å². The van der Waals surface area contributed by atoms with E-state index in [4.69, 9.17) is 8.94 Å². The van der Waals surface area contributed by atoms with Gasteiger partial charge in [-0.2, -0.15) is 4.98 Å². The molecule has 0 radical (unpaired) electrons. The maximum atomic E-state index is 5.49. The number of hydrogen-bond donors (Lipinski definition) is 1. The molecule has 0 amide bonds. The van der Waals surface area contributed by atoms with Crippen LogP contribution < -0.4 is 5.32 Å². The molecule has 1 aliphatic heterocycles. The fourth-order valence-electron chi connectivity index (χ4n) is 2.34. The quantitative estimate of drug-likeness (QED) is 0.777. The monoisotopic (exact) mass is 255 g/mol. The molecule has 2 aromatic heterocycles. The Kier molecular flexibility index (Phi) is 2.38. The molecular formula is C14H13N3O2. The summed E-state index contributed by atoms with van der Waals surface area (Å²) >= 11 is 0. The Morgan fingerprint density at radius 1 is 1.26 bits per heavy atom. The third-order valence-corrected chi connectivity index (χ3v) is 3.52. The Bertz CT molecular complexity index is 712. The van der Waals surface area contributed by atoms with Crippen molar-refractivity contribution in [2.45, 2.75) is 6.42 Å². The minimum atomic E-state index is 0.604. The molecule has 1 fully saturated rings. The van der Waals surface area contributed by atoms with Crippen LogP contribution in [-0.4, -0.2) is 23.2 Å². The molecule has 0 spiro atoms. The Hall–Kier alpha value is -2.14. The molecule has 3 aromatic rings. The number of fused-ring (bicyclic) bond motifs is 1. The third-order valence-electron chi connectivity index (χ3n) is 3.52. The van der Waals surface area contributed by atoms with Crippen LogP contribution in [0.4, 0.5) is 0 Å². The number of aromatic nitrogens is 2. The molecule has 0 bridgehead atoms. The Morgan fingerprint density at radius 3 is 3.00 bits per heavy atom. The van der Waals surface area contributed by atoms with Crippen LogP contribution in [0.5, 0.6) is 0 Å². The lowest BCUT2D eigenvalue weighted by atomic mass is 10.00. The van der Waals surface area contributed by atoms with Crippen molar-refractivity contribution in [3.63, 3.8) is 0 Å². The molecule has 0 aliphatic carbocycles. The number of para-hydroxylation sites is 1. The Labute approximate surface area is 109 Å². The highest BCUT2D eigenvalue weighted by Gasteiger charge is 2.21. The summed E-state index contributed by atoms with van der Waals surface area (Å²) in [5.74, 6) is 1.92. The molecular weight excluding hydrogens is 242 g/mol. The number of nitrogens with one attached hydrogen (secondary N) is 1. The highest BCUT2D eigenvalue weighted by Crippen LogP contribution is 2.28. The van der Waals surface area contributed by atoms with Crippen molar-refractivity contribution in [2.75, 3.05) is 13.1 Å². The van der Waals surface area contributed by atoms with Crippen LogP contribution >= 0.6 is 0 Å². The first-order valence-corrected chi connectivity index (χ1v) is 6.40. The molecule has 1 aliphatic rings. The summed E-state index contributed by atoms with van der Waals surface area (Å²) < 4.78 is 10.8. The summed E-state index contributed by atoms with van der Waals surface area (Å²) in [7, 11) is 0. The maximum Gasteiger partial charge on any atom is 0.227 e. The molecule has 0 atom stereocenters.